The van der Waals surface area contributed by atoms with Gasteiger partial charge in [0, 0.05) is 37.0 Å². The van der Waals surface area contributed by atoms with E-state index in [1.807, 2.05) is 36.9 Å². The van der Waals surface area contributed by atoms with Gasteiger partial charge in [-0.15, -0.1) is 0 Å². The Bertz CT molecular complexity index is 1820. The van der Waals surface area contributed by atoms with Gasteiger partial charge in [0.2, 0.25) is 0 Å². The average molecular weight is 721 g/mol. The third kappa shape index (κ3) is 7.57. The third-order valence-corrected chi connectivity index (χ3v) is 9.32. The lowest BCUT2D eigenvalue weighted by molar-refractivity contribution is -0.143. The van der Waals surface area contributed by atoms with E-state index in [4.69, 9.17) is 14.5 Å². The molecule has 0 bridgehead atoms. The summed E-state index contributed by atoms with van der Waals surface area (Å²) in [4.78, 5) is 35.0. The van der Waals surface area contributed by atoms with Gasteiger partial charge in [-0.3, -0.25) is 4.90 Å². The number of rotatable bonds is 10. The Morgan fingerprint density at radius 2 is 1.65 bits per heavy atom. The number of pyridine rings is 1. The standard InChI is InChI=1S/C36H38F6N4O5/c1-19(2)31(44(5)21(4)33(47)48)22-8-10-29(50-6)27(16-22)26-9-11-30(45-12-7-13-45)43-28(26)18-46-20(3)32(51-34(46)49)23-14-24(35(37,38)39)17-25(15-23)36(40,41)42/h8-11,14-17,20-21,32H,7,12-13,18H2,1-6H3,(H,47,48)/t20-,21?,32-/m0/s1. The van der Waals surface area contributed by atoms with E-state index in [-0.39, 0.29) is 12.6 Å². The van der Waals surface area contributed by atoms with Crippen LogP contribution in [0.15, 0.2) is 54.1 Å². The van der Waals surface area contributed by atoms with E-state index in [1.54, 1.807) is 31.0 Å². The molecule has 1 aromatic heterocycles. The largest absolute Gasteiger partial charge is 0.496 e. The summed E-state index contributed by atoms with van der Waals surface area (Å²) >= 11 is 0. The fourth-order valence-electron chi connectivity index (χ4n) is 6.31. The number of carbonyl (C=O) groups is 2. The zero-order valence-electron chi connectivity index (χ0n) is 28.8. The highest BCUT2D eigenvalue weighted by Crippen LogP contribution is 2.43. The third-order valence-electron chi connectivity index (χ3n) is 9.32. The molecule has 3 aromatic rings. The first kappa shape index (κ1) is 37.3. The molecule has 2 aliphatic rings. The highest BCUT2D eigenvalue weighted by molar-refractivity contribution is 5.82. The van der Waals surface area contributed by atoms with Crippen LogP contribution in [0.4, 0.5) is 37.0 Å². The molecule has 1 N–H and O–H groups in total. The van der Waals surface area contributed by atoms with Crippen LogP contribution in [0.3, 0.4) is 0 Å². The minimum atomic E-state index is -5.07. The number of carboxylic acids is 1. The molecule has 2 aromatic carbocycles. The van der Waals surface area contributed by atoms with Crippen LogP contribution in [0.2, 0.25) is 0 Å². The molecule has 2 fully saturated rings. The van der Waals surface area contributed by atoms with Crippen molar-refractivity contribution in [2.24, 2.45) is 0 Å². The molecule has 1 amide bonds. The van der Waals surface area contributed by atoms with Crippen molar-refractivity contribution in [3.8, 4) is 16.9 Å². The Balaban J connectivity index is 1.58. The van der Waals surface area contributed by atoms with Crippen LogP contribution < -0.4 is 9.64 Å². The minimum absolute atomic E-state index is 0.0302. The molecule has 15 heteroatoms. The number of hydrogen-bond acceptors (Lipinski definition) is 7. The summed E-state index contributed by atoms with van der Waals surface area (Å²) in [6.45, 7) is 8.09. The summed E-state index contributed by atoms with van der Waals surface area (Å²) in [5.74, 6) is 0.0569. The molecule has 2 aliphatic heterocycles. The Morgan fingerprint density at radius 1 is 1.02 bits per heavy atom. The van der Waals surface area contributed by atoms with Crippen LogP contribution in [0.25, 0.3) is 16.8 Å². The van der Waals surface area contributed by atoms with Gasteiger partial charge in [0.1, 0.15) is 23.7 Å². The van der Waals surface area contributed by atoms with Gasteiger partial charge >= 0.3 is 24.4 Å². The average Bonchev–Trinajstić information content (AvgIpc) is 3.31. The maximum absolute atomic E-state index is 13.7. The van der Waals surface area contributed by atoms with Gasteiger partial charge in [-0.05, 0) is 93.8 Å². The molecule has 0 spiro atoms. The maximum atomic E-state index is 13.7. The summed E-state index contributed by atoms with van der Waals surface area (Å²) in [6.07, 6.45) is -11.6. The molecule has 51 heavy (non-hydrogen) atoms. The molecule has 274 valence electrons. The fraction of sp³-hybridized carbons (Fsp3) is 0.417. The summed E-state index contributed by atoms with van der Waals surface area (Å²) in [6, 6.07) is 8.32. The summed E-state index contributed by atoms with van der Waals surface area (Å²) in [5, 5.41) is 9.71. The van der Waals surface area contributed by atoms with Gasteiger partial charge < -0.3 is 24.4 Å². The quantitative estimate of drug-likeness (QED) is 0.210. The van der Waals surface area contributed by atoms with Crippen LogP contribution in [-0.4, -0.2) is 71.3 Å². The molecule has 0 saturated carbocycles. The number of alkyl halides is 6. The number of hydrogen-bond donors (Lipinski definition) is 1. The van der Waals surface area contributed by atoms with Crippen molar-refractivity contribution >= 4 is 23.6 Å². The number of allylic oxidation sites excluding steroid dienone is 1. The van der Waals surface area contributed by atoms with Gasteiger partial charge in [0.25, 0.3) is 0 Å². The van der Waals surface area contributed by atoms with E-state index in [2.05, 4.69) is 0 Å². The number of methoxy groups -OCH3 is 1. The van der Waals surface area contributed by atoms with E-state index in [9.17, 15) is 41.0 Å². The number of cyclic esters (lactones) is 1. The van der Waals surface area contributed by atoms with Crippen LogP contribution in [0.1, 0.15) is 68.2 Å². The lowest BCUT2D eigenvalue weighted by Crippen LogP contribution is -2.38. The van der Waals surface area contributed by atoms with E-state index in [0.29, 0.717) is 51.8 Å². The van der Waals surface area contributed by atoms with Gasteiger partial charge in [0.05, 0.1) is 36.5 Å². The first-order chi connectivity index (χ1) is 23.8. The minimum Gasteiger partial charge on any atom is -0.496 e. The van der Waals surface area contributed by atoms with E-state index in [0.717, 1.165) is 25.1 Å². The molecule has 3 heterocycles. The second-order valence-corrected chi connectivity index (χ2v) is 12.9. The van der Waals surface area contributed by atoms with E-state index >= 15 is 0 Å². The predicted octanol–water partition coefficient (Wildman–Crippen LogP) is 8.24. The van der Waals surface area contributed by atoms with Crippen LogP contribution >= 0.6 is 0 Å². The van der Waals surface area contributed by atoms with Crippen LogP contribution in [-0.2, 0) is 28.4 Å². The van der Waals surface area contributed by atoms with Gasteiger partial charge in [-0.25, -0.2) is 14.6 Å². The summed E-state index contributed by atoms with van der Waals surface area (Å²) in [7, 11) is 3.16. The van der Waals surface area contributed by atoms with Crippen molar-refractivity contribution in [2.45, 2.75) is 71.2 Å². The zero-order valence-corrected chi connectivity index (χ0v) is 28.8. The molecular weight excluding hydrogens is 682 g/mol. The first-order valence-corrected chi connectivity index (χ1v) is 16.1. The Morgan fingerprint density at radius 3 is 2.16 bits per heavy atom. The van der Waals surface area contributed by atoms with Gasteiger partial charge in [0.15, 0.2) is 0 Å². The Kier molecular flexibility index (Phi) is 10.2. The lowest BCUT2D eigenvalue weighted by Gasteiger charge is -2.33. The summed E-state index contributed by atoms with van der Waals surface area (Å²) in [5.41, 5.74) is 0.220. The van der Waals surface area contributed by atoms with Crippen molar-refractivity contribution in [3.05, 3.63) is 82.1 Å². The molecule has 2 saturated heterocycles. The SMILES string of the molecule is COc1ccc(C(=C(C)C)N(C)C(C)C(=O)O)cc1-c1ccc(N2CCC2)nc1CN1C(=O)O[C@H](c2cc(C(F)(F)F)cc(C(F)(F)F)c2)[C@@H]1C. The molecule has 3 atom stereocenters. The number of ether oxygens (including phenoxy) is 2. The number of aromatic nitrogens is 1. The van der Waals surface area contributed by atoms with Crippen LogP contribution in [0, 0.1) is 0 Å². The topological polar surface area (TPSA) is 95.4 Å². The maximum Gasteiger partial charge on any atom is 0.416 e. The van der Waals surface area contributed by atoms with Crippen molar-refractivity contribution in [3.63, 3.8) is 0 Å². The molecule has 1 unspecified atom stereocenters. The smallest absolute Gasteiger partial charge is 0.416 e. The van der Waals surface area contributed by atoms with Gasteiger partial charge in [-0.2, -0.15) is 26.3 Å². The van der Waals surface area contributed by atoms with E-state index in [1.165, 1.54) is 18.9 Å². The zero-order chi connectivity index (χ0) is 37.6. The van der Waals surface area contributed by atoms with Crippen molar-refractivity contribution in [1.82, 2.24) is 14.8 Å². The number of anilines is 1. The number of nitrogens with zero attached hydrogens (tertiary/aromatic N) is 4. The Labute approximate surface area is 291 Å². The predicted molar refractivity (Wildman–Crippen MR) is 177 cm³/mol. The van der Waals surface area contributed by atoms with Crippen molar-refractivity contribution < 1.29 is 50.5 Å². The van der Waals surface area contributed by atoms with Crippen molar-refractivity contribution in [1.29, 1.82) is 0 Å². The number of amides is 1. The number of carbonyl (C=O) groups excluding carboxylic acids is 1. The van der Waals surface area contributed by atoms with Crippen LogP contribution in [0.5, 0.6) is 5.75 Å². The number of halogens is 6. The monoisotopic (exact) mass is 720 g/mol. The number of carboxylic acid groups (broad SMARTS) is 1. The summed E-state index contributed by atoms with van der Waals surface area (Å²) < 4.78 is 93.2. The lowest BCUT2D eigenvalue weighted by atomic mass is 9.96. The second-order valence-electron chi connectivity index (χ2n) is 12.9. The van der Waals surface area contributed by atoms with E-state index < -0.39 is 59.3 Å². The number of benzene rings is 2. The molecular formula is C36H38F6N4O5. The highest BCUT2D eigenvalue weighted by atomic mass is 19.4. The molecule has 9 nitrogen and oxygen atoms in total. The second kappa shape index (κ2) is 14.0. The fourth-order valence-corrected chi connectivity index (χ4v) is 6.31. The number of likely N-dealkylation sites (N-methyl/N-ethyl adjacent to an activating group) is 1. The first-order valence-electron chi connectivity index (χ1n) is 16.1. The molecule has 0 aliphatic carbocycles. The Hall–Kier alpha value is -4.95. The molecule has 0 radical (unpaired) electrons. The highest BCUT2D eigenvalue weighted by Gasteiger charge is 2.44. The normalized spacial score (nSPS) is 18.2. The van der Waals surface area contributed by atoms with Crippen molar-refractivity contribution in [2.75, 3.05) is 32.1 Å². The number of aliphatic carboxylic acids is 1. The van der Waals surface area contributed by atoms with Gasteiger partial charge in [-0.1, -0.05) is 5.57 Å². The molecule has 5 rings (SSSR count).